The number of nitrogens with zero attached hydrogens (tertiary/aromatic N) is 5. The first-order chi connectivity index (χ1) is 12.5. The van der Waals surface area contributed by atoms with Crippen molar-refractivity contribution < 1.29 is 4.79 Å². The summed E-state index contributed by atoms with van der Waals surface area (Å²) < 4.78 is 1.76. The van der Waals surface area contributed by atoms with E-state index in [1.165, 1.54) is 4.80 Å². The monoisotopic (exact) mass is 390 g/mol. The summed E-state index contributed by atoms with van der Waals surface area (Å²) in [5, 5.41) is 16.6. The van der Waals surface area contributed by atoms with Gasteiger partial charge >= 0.3 is 0 Å². The van der Waals surface area contributed by atoms with Crippen molar-refractivity contribution in [3.05, 3.63) is 57.1 Å². The molecule has 0 unspecified atom stereocenters. The lowest BCUT2D eigenvalue weighted by molar-refractivity contribution is 0.0944. The van der Waals surface area contributed by atoms with Gasteiger partial charge in [0.1, 0.15) is 5.69 Å². The number of halogens is 2. The van der Waals surface area contributed by atoms with E-state index in [1.807, 2.05) is 6.07 Å². The van der Waals surface area contributed by atoms with Crippen LogP contribution in [0, 0.1) is 0 Å². The first-order valence-electron chi connectivity index (χ1n) is 8.22. The standard InChI is InChI=1S/C17H16Cl2N6O/c1-24-21-9-11(22-24)8-20-17(26)16-12-3-2-4-14(12)25(23-16)15-6-5-10(18)7-13(15)19/h5-7,9H,2-4,8H2,1H3,(H,20,26). The molecule has 0 radical (unpaired) electrons. The Kier molecular flexibility index (Phi) is 4.42. The average Bonchev–Trinajstić information content (AvgIpc) is 3.29. The highest BCUT2D eigenvalue weighted by atomic mass is 35.5. The Hall–Kier alpha value is -2.38. The molecule has 1 aliphatic carbocycles. The van der Waals surface area contributed by atoms with Crippen molar-refractivity contribution in [2.75, 3.05) is 0 Å². The van der Waals surface area contributed by atoms with Crippen LogP contribution in [0.5, 0.6) is 0 Å². The van der Waals surface area contributed by atoms with E-state index in [9.17, 15) is 4.79 Å². The molecule has 134 valence electrons. The average molecular weight is 391 g/mol. The van der Waals surface area contributed by atoms with Gasteiger partial charge in [-0.3, -0.25) is 4.79 Å². The maximum Gasteiger partial charge on any atom is 0.272 e. The van der Waals surface area contributed by atoms with E-state index < -0.39 is 0 Å². The molecule has 2 aromatic heterocycles. The third-order valence-corrected chi connectivity index (χ3v) is 4.90. The summed E-state index contributed by atoms with van der Waals surface area (Å²) in [5.74, 6) is -0.224. The van der Waals surface area contributed by atoms with Gasteiger partial charge in [0, 0.05) is 23.3 Å². The van der Waals surface area contributed by atoms with Gasteiger partial charge in [0.25, 0.3) is 5.91 Å². The van der Waals surface area contributed by atoms with Crippen molar-refractivity contribution in [1.29, 1.82) is 0 Å². The molecule has 0 aliphatic heterocycles. The molecule has 7 nitrogen and oxygen atoms in total. The maximum atomic E-state index is 12.7. The normalized spacial score (nSPS) is 13.0. The highest BCUT2D eigenvalue weighted by molar-refractivity contribution is 6.35. The number of nitrogens with one attached hydrogen (secondary N) is 1. The van der Waals surface area contributed by atoms with E-state index >= 15 is 0 Å². The van der Waals surface area contributed by atoms with Gasteiger partial charge in [-0.1, -0.05) is 23.2 Å². The van der Waals surface area contributed by atoms with Crippen molar-refractivity contribution in [3.8, 4) is 5.69 Å². The second-order valence-corrected chi connectivity index (χ2v) is 6.99. The summed E-state index contributed by atoms with van der Waals surface area (Å²) in [7, 11) is 1.73. The fourth-order valence-electron chi connectivity index (χ4n) is 3.20. The van der Waals surface area contributed by atoms with Crippen molar-refractivity contribution in [2.45, 2.75) is 25.8 Å². The van der Waals surface area contributed by atoms with Crippen LogP contribution in [0.4, 0.5) is 0 Å². The number of carbonyl (C=O) groups excluding carboxylic acids is 1. The molecule has 0 spiro atoms. The molecule has 1 aromatic carbocycles. The second-order valence-electron chi connectivity index (χ2n) is 6.14. The Morgan fingerprint density at radius 2 is 2.12 bits per heavy atom. The van der Waals surface area contributed by atoms with Crippen LogP contribution in [-0.2, 0) is 26.4 Å². The lowest BCUT2D eigenvalue weighted by atomic mass is 10.2. The van der Waals surface area contributed by atoms with Gasteiger partial charge in [-0.25, -0.2) is 4.68 Å². The zero-order chi connectivity index (χ0) is 18.3. The minimum atomic E-state index is -0.224. The zero-order valence-corrected chi connectivity index (χ0v) is 15.5. The molecule has 2 heterocycles. The number of fused-ring (bicyclic) bond motifs is 1. The molecule has 26 heavy (non-hydrogen) atoms. The largest absolute Gasteiger partial charge is 0.345 e. The molecular weight excluding hydrogens is 375 g/mol. The topological polar surface area (TPSA) is 77.6 Å². The Bertz CT molecular complexity index is 993. The van der Waals surface area contributed by atoms with Gasteiger partial charge in [0.05, 0.1) is 23.5 Å². The van der Waals surface area contributed by atoms with Crippen LogP contribution in [0.3, 0.4) is 0 Å². The van der Waals surface area contributed by atoms with Gasteiger partial charge in [0.2, 0.25) is 0 Å². The van der Waals surface area contributed by atoms with Crippen molar-refractivity contribution in [2.24, 2.45) is 7.05 Å². The lowest BCUT2D eigenvalue weighted by Crippen LogP contribution is -2.24. The Balaban J connectivity index is 1.64. The number of amides is 1. The summed E-state index contributed by atoms with van der Waals surface area (Å²) in [6.45, 7) is 0.302. The quantitative estimate of drug-likeness (QED) is 0.742. The van der Waals surface area contributed by atoms with Crippen LogP contribution in [0.15, 0.2) is 24.4 Å². The first kappa shape index (κ1) is 17.1. The highest BCUT2D eigenvalue weighted by Gasteiger charge is 2.27. The number of aryl methyl sites for hydroxylation is 1. The number of aromatic nitrogens is 5. The molecule has 9 heteroatoms. The van der Waals surface area contributed by atoms with Gasteiger partial charge in [-0.15, -0.1) is 0 Å². The van der Waals surface area contributed by atoms with E-state index in [4.69, 9.17) is 23.2 Å². The molecule has 1 aliphatic rings. The molecule has 3 aromatic rings. The molecule has 0 saturated heterocycles. The number of carbonyl (C=O) groups is 1. The van der Waals surface area contributed by atoms with E-state index in [2.05, 4.69) is 20.6 Å². The third kappa shape index (κ3) is 3.08. The van der Waals surface area contributed by atoms with Gasteiger partial charge in [-0.2, -0.15) is 20.1 Å². The van der Waals surface area contributed by atoms with E-state index in [0.29, 0.717) is 28.0 Å². The Morgan fingerprint density at radius 1 is 1.27 bits per heavy atom. The molecule has 0 bridgehead atoms. The minimum Gasteiger partial charge on any atom is -0.345 e. The minimum absolute atomic E-state index is 0.224. The SMILES string of the molecule is Cn1ncc(CNC(=O)c2nn(-c3ccc(Cl)cc3Cl)c3c2CCC3)n1. The van der Waals surface area contributed by atoms with Crippen LogP contribution < -0.4 is 5.32 Å². The smallest absolute Gasteiger partial charge is 0.272 e. The predicted octanol–water partition coefficient (Wildman–Crippen LogP) is 2.73. The number of benzene rings is 1. The van der Waals surface area contributed by atoms with Crippen LogP contribution in [-0.4, -0.2) is 30.7 Å². The van der Waals surface area contributed by atoms with Gasteiger partial charge < -0.3 is 5.32 Å². The van der Waals surface area contributed by atoms with Crippen LogP contribution >= 0.6 is 23.2 Å². The highest BCUT2D eigenvalue weighted by Crippen LogP contribution is 2.31. The predicted molar refractivity (Wildman–Crippen MR) is 97.8 cm³/mol. The fraction of sp³-hybridized carbons (Fsp3) is 0.294. The Morgan fingerprint density at radius 3 is 2.85 bits per heavy atom. The maximum absolute atomic E-state index is 12.7. The van der Waals surface area contributed by atoms with Gasteiger partial charge in [-0.05, 0) is 37.5 Å². The van der Waals surface area contributed by atoms with Crippen LogP contribution in [0.2, 0.25) is 10.0 Å². The van der Waals surface area contributed by atoms with Crippen LogP contribution in [0.25, 0.3) is 5.69 Å². The summed E-state index contributed by atoms with van der Waals surface area (Å²) in [4.78, 5) is 14.1. The molecule has 4 rings (SSSR count). The van der Waals surface area contributed by atoms with E-state index in [0.717, 1.165) is 36.2 Å². The number of hydrogen-bond acceptors (Lipinski definition) is 4. The summed E-state index contributed by atoms with van der Waals surface area (Å²) in [6.07, 6.45) is 4.30. The molecular formula is C17H16Cl2N6O. The fourth-order valence-corrected chi connectivity index (χ4v) is 3.68. The number of hydrogen-bond donors (Lipinski definition) is 1. The third-order valence-electron chi connectivity index (χ3n) is 4.36. The van der Waals surface area contributed by atoms with Crippen molar-refractivity contribution in [1.82, 2.24) is 30.1 Å². The zero-order valence-electron chi connectivity index (χ0n) is 14.0. The van der Waals surface area contributed by atoms with Crippen molar-refractivity contribution in [3.63, 3.8) is 0 Å². The molecule has 0 saturated carbocycles. The Labute approximate surface area is 159 Å². The van der Waals surface area contributed by atoms with Gasteiger partial charge in [0.15, 0.2) is 5.69 Å². The van der Waals surface area contributed by atoms with Crippen molar-refractivity contribution >= 4 is 29.1 Å². The lowest BCUT2D eigenvalue weighted by Gasteiger charge is -2.08. The van der Waals surface area contributed by atoms with Crippen LogP contribution in [0.1, 0.15) is 33.9 Å². The molecule has 0 fully saturated rings. The summed E-state index contributed by atoms with van der Waals surface area (Å²) in [5.41, 5.74) is 3.86. The molecule has 1 amide bonds. The number of rotatable bonds is 4. The molecule has 0 atom stereocenters. The summed E-state index contributed by atoms with van der Waals surface area (Å²) >= 11 is 12.3. The second kappa shape index (κ2) is 6.74. The van der Waals surface area contributed by atoms with E-state index in [1.54, 1.807) is 30.1 Å². The summed E-state index contributed by atoms with van der Waals surface area (Å²) in [6, 6.07) is 5.26. The van der Waals surface area contributed by atoms with E-state index in [-0.39, 0.29) is 5.91 Å². The molecule has 1 N–H and O–H groups in total. The first-order valence-corrected chi connectivity index (χ1v) is 8.98.